The van der Waals surface area contributed by atoms with Crippen LogP contribution in [-0.4, -0.2) is 11.1 Å². The van der Waals surface area contributed by atoms with Gasteiger partial charge < -0.3 is 0 Å². The number of halogens is 1. The maximum absolute atomic E-state index is 11.2. The molecule has 1 rings (SSSR count). The van der Waals surface area contributed by atoms with E-state index in [2.05, 4.69) is 28.6 Å². The molecule has 0 unspecified atom stereocenters. The number of thiol groups is 1. The van der Waals surface area contributed by atoms with Crippen LogP contribution in [0.3, 0.4) is 0 Å². The van der Waals surface area contributed by atoms with Gasteiger partial charge >= 0.3 is 0 Å². The lowest BCUT2D eigenvalue weighted by Crippen LogP contribution is -2.04. The summed E-state index contributed by atoms with van der Waals surface area (Å²) in [7, 11) is 0. The van der Waals surface area contributed by atoms with Crippen LogP contribution in [0.1, 0.15) is 11.1 Å². The van der Waals surface area contributed by atoms with Gasteiger partial charge in [0.05, 0.1) is 5.33 Å². The van der Waals surface area contributed by atoms with Gasteiger partial charge in [0.2, 0.25) is 0 Å². The van der Waals surface area contributed by atoms with Crippen LogP contribution in [0.15, 0.2) is 23.1 Å². The summed E-state index contributed by atoms with van der Waals surface area (Å²) in [5, 5.41) is 0.426. The van der Waals surface area contributed by atoms with Crippen molar-refractivity contribution in [2.75, 3.05) is 5.33 Å². The minimum atomic E-state index is 0.204. The van der Waals surface area contributed by atoms with E-state index in [9.17, 15) is 4.79 Å². The Morgan fingerprint density at radius 3 is 2.77 bits per heavy atom. The molecule has 0 aliphatic rings. The Morgan fingerprint density at radius 1 is 1.54 bits per heavy atom. The third kappa shape index (κ3) is 3.16. The van der Waals surface area contributed by atoms with Crippen molar-refractivity contribution in [2.45, 2.75) is 18.2 Å². The first-order valence-corrected chi connectivity index (χ1v) is 5.56. The van der Waals surface area contributed by atoms with Gasteiger partial charge in [-0.25, -0.2) is 0 Å². The molecule has 0 aliphatic carbocycles. The molecule has 70 valence electrons. The highest BCUT2D eigenvalue weighted by molar-refractivity contribution is 9.09. The molecular formula is C10H11BrOS. The van der Waals surface area contributed by atoms with Gasteiger partial charge in [-0.3, -0.25) is 4.79 Å². The lowest BCUT2D eigenvalue weighted by molar-refractivity contribution is -0.115. The number of Topliss-reactive ketones (excluding diaryl/α,β-unsaturated/α-hetero) is 1. The zero-order chi connectivity index (χ0) is 9.84. The van der Waals surface area contributed by atoms with Crippen LogP contribution in [-0.2, 0) is 11.2 Å². The molecule has 1 aromatic carbocycles. The second-order valence-electron chi connectivity index (χ2n) is 2.96. The standard InChI is InChI=1S/C10H11BrOS/c1-7-4-10(13)3-2-8(7)5-9(12)6-11/h2-4,13H,5-6H2,1H3. The Bertz CT molecular complexity index is 323. The Kier molecular flexibility index (Phi) is 4.00. The first-order valence-electron chi connectivity index (χ1n) is 3.99. The van der Waals surface area contributed by atoms with Crippen molar-refractivity contribution in [3.63, 3.8) is 0 Å². The molecular weight excluding hydrogens is 248 g/mol. The number of rotatable bonds is 3. The van der Waals surface area contributed by atoms with Gasteiger partial charge in [0.25, 0.3) is 0 Å². The lowest BCUT2D eigenvalue weighted by Gasteiger charge is -2.04. The van der Waals surface area contributed by atoms with Crippen LogP contribution in [0, 0.1) is 6.92 Å². The average Bonchev–Trinajstić information content (AvgIpc) is 2.09. The van der Waals surface area contributed by atoms with E-state index in [4.69, 9.17) is 0 Å². The maximum Gasteiger partial charge on any atom is 0.147 e. The second kappa shape index (κ2) is 4.82. The zero-order valence-electron chi connectivity index (χ0n) is 7.38. The molecule has 0 atom stereocenters. The van der Waals surface area contributed by atoms with Crippen molar-refractivity contribution in [1.29, 1.82) is 0 Å². The highest BCUT2D eigenvalue weighted by Crippen LogP contribution is 2.14. The van der Waals surface area contributed by atoms with Crippen LogP contribution in [0.2, 0.25) is 0 Å². The van der Waals surface area contributed by atoms with E-state index in [-0.39, 0.29) is 5.78 Å². The fraction of sp³-hybridized carbons (Fsp3) is 0.300. The normalized spacial score (nSPS) is 10.1. The molecule has 3 heteroatoms. The lowest BCUT2D eigenvalue weighted by atomic mass is 10.0. The molecule has 0 radical (unpaired) electrons. The minimum absolute atomic E-state index is 0.204. The topological polar surface area (TPSA) is 17.1 Å². The number of hydrogen-bond donors (Lipinski definition) is 1. The minimum Gasteiger partial charge on any atom is -0.298 e. The number of carbonyl (C=O) groups is 1. The predicted molar refractivity (Wildman–Crippen MR) is 60.9 cm³/mol. The highest BCUT2D eigenvalue weighted by Gasteiger charge is 2.04. The number of ketones is 1. The van der Waals surface area contributed by atoms with E-state index in [1.807, 2.05) is 25.1 Å². The molecule has 0 aliphatic heterocycles. The van der Waals surface area contributed by atoms with E-state index in [0.29, 0.717) is 11.8 Å². The van der Waals surface area contributed by atoms with Crippen molar-refractivity contribution in [3.8, 4) is 0 Å². The molecule has 1 nitrogen and oxygen atoms in total. The smallest absolute Gasteiger partial charge is 0.147 e. The van der Waals surface area contributed by atoms with Gasteiger partial charge in [0.15, 0.2) is 0 Å². The summed E-state index contributed by atoms with van der Waals surface area (Å²) in [6, 6.07) is 5.84. The monoisotopic (exact) mass is 258 g/mol. The summed E-state index contributed by atoms with van der Waals surface area (Å²) < 4.78 is 0. The summed E-state index contributed by atoms with van der Waals surface area (Å²) >= 11 is 7.37. The first-order chi connectivity index (χ1) is 6.13. The fourth-order valence-electron chi connectivity index (χ4n) is 1.14. The maximum atomic E-state index is 11.2. The number of aryl methyl sites for hydroxylation is 1. The largest absolute Gasteiger partial charge is 0.298 e. The van der Waals surface area contributed by atoms with Gasteiger partial charge in [-0.2, -0.15) is 0 Å². The number of benzene rings is 1. The first kappa shape index (κ1) is 10.8. The summed E-state index contributed by atoms with van der Waals surface area (Å²) in [5.41, 5.74) is 2.21. The van der Waals surface area contributed by atoms with Crippen LogP contribution in [0.5, 0.6) is 0 Å². The second-order valence-corrected chi connectivity index (χ2v) is 4.04. The van der Waals surface area contributed by atoms with E-state index >= 15 is 0 Å². The van der Waals surface area contributed by atoms with Gasteiger partial charge in [0.1, 0.15) is 5.78 Å². The highest BCUT2D eigenvalue weighted by atomic mass is 79.9. The molecule has 0 saturated heterocycles. The molecule has 1 aromatic rings. The average molecular weight is 259 g/mol. The summed E-state index contributed by atoms with van der Waals surface area (Å²) in [5.74, 6) is 0.204. The van der Waals surface area contributed by atoms with Gasteiger partial charge in [-0.15, -0.1) is 12.6 Å². The predicted octanol–water partition coefficient (Wildman–Crippen LogP) is 2.79. The molecule has 0 fully saturated rings. The van der Waals surface area contributed by atoms with Crippen molar-refractivity contribution in [3.05, 3.63) is 29.3 Å². The van der Waals surface area contributed by atoms with E-state index < -0.39 is 0 Å². The molecule has 0 aromatic heterocycles. The molecule has 0 heterocycles. The molecule has 0 bridgehead atoms. The van der Waals surface area contributed by atoms with Crippen molar-refractivity contribution < 1.29 is 4.79 Å². The molecule has 0 spiro atoms. The van der Waals surface area contributed by atoms with Gasteiger partial charge in [0, 0.05) is 11.3 Å². The van der Waals surface area contributed by atoms with Crippen molar-refractivity contribution in [2.24, 2.45) is 0 Å². The van der Waals surface area contributed by atoms with Crippen LogP contribution >= 0.6 is 28.6 Å². The van der Waals surface area contributed by atoms with Gasteiger partial charge in [-0.1, -0.05) is 22.0 Å². The zero-order valence-corrected chi connectivity index (χ0v) is 9.86. The Hall–Kier alpha value is -0.280. The molecule has 13 heavy (non-hydrogen) atoms. The Labute approximate surface area is 92.1 Å². The Morgan fingerprint density at radius 2 is 2.23 bits per heavy atom. The third-order valence-electron chi connectivity index (χ3n) is 1.86. The summed E-state index contributed by atoms with van der Waals surface area (Å²) in [6.07, 6.45) is 0.505. The molecule has 0 saturated carbocycles. The fourth-order valence-corrected chi connectivity index (χ4v) is 1.60. The van der Waals surface area contributed by atoms with E-state index in [1.165, 1.54) is 0 Å². The SMILES string of the molecule is Cc1cc(S)ccc1CC(=O)CBr. The van der Waals surface area contributed by atoms with Crippen LogP contribution in [0.4, 0.5) is 0 Å². The molecule has 0 amide bonds. The summed E-state index contributed by atoms with van der Waals surface area (Å²) in [4.78, 5) is 12.1. The third-order valence-corrected chi connectivity index (χ3v) is 2.77. The van der Waals surface area contributed by atoms with E-state index in [1.54, 1.807) is 0 Å². The quantitative estimate of drug-likeness (QED) is 0.652. The Balaban J connectivity index is 2.83. The molecule has 0 N–H and O–H groups in total. The van der Waals surface area contributed by atoms with Gasteiger partial charge in [-0.05, 0) is 30.2 Å². The van der Waals surface area contributed by atoms with Crippen molar-refractivity contribution >= 4 is 34.3 Å². The van der Waals surface area contributed by atoms with Crippen molar-refractivity contribution in [1.82, 2.24) is 0 Å². The van der Waals surface area contributed by atoms with Crippen LogP contribution < -0.4 is 0 Å². The number of carbonyl (C=O) groups excluding carboxylic acids is 1. The van der Waals surface area contributed by atoms with E-state index in [0.717, 1.165) is 16.0 Å². The van der Waals surface area contributed by atoms with Crippen LogP contribution in [0.25, 0.3) is 0 Å². The number of hydrogen-bond acceptors (Lipinski definition) is 2. The number of alkyl halides is 1. The summed E-state index contributed by atoms with van der Waals surface area (Å²) in [6.45, 7) is 2.00.